The number of benzene rings is 1. The monoisotopic (exact) mass is 337 g/mol. The molecule has 0 spiro atoms. The van der Waals surface area contributed by atoms with Crippen LogP contribution < -0.4 is 4.90 Å². The van der Waals surface area contributed by atoms with Gasteiger partial charge in [0, 0.05) is 22.5 Å². The van der Waals surface area contributed by atoms with E-state index in [-0.39, 0.29) is 16.3 Å². The zero-order valence-electron chi connectivity index (χ0n) is 11.2. The smallest absolute Gasteiger partial charge is 0.248 e. The van der Waals surface area contributed by atoms with Crippen molar-refractivity contribution < 1.29 is 4.79 Å². The lowest BCUT2D eigenvalue weighted by molar-refractivity contribution is -0.116. The van der Waals surface area contributed by atoms with Crippen molar-refractivity contribution in [3.05, 3.63) is 45.9 Å². The summed E-state index contributed by atoms with van der Waals surface area (Å²) in [7, 11) is 0. The summed E-state index contributed by atoms with van der Waals surface area (Å²) in [5, 5.41) is 9.21. The van der Waals surface area contributed by atoms with Crippen molar-refractivity contribution in [3.63, 3.8) is 0 Å². The fraction of sp³-hybridized carbons (Fsp3) is 0.214. The first-order chi connectivity index (χ1) is 10.0. The number of anilines is 1. The Morgan fingerprint density at radius 2 is 2.10 bits per heavy atom. The molecule has 1 fully saturated rings. The topological polar surface area (TPSA) is 57.1 Å². The number of nitrogens with one attached hydrogen (secondary N) is 1. The van der Waals surface area contributed by atoms with Gasteiger partial charge in [-0.15, -0.1) is 11.3 Å². The normalized spacial score (nSPS) is 18.6. The van der Waals surface area contributed by atoms with Gasteiger partial charge in [-0.2, -0.15) is 0 Å². The molecule has 2 heterocycles. The number of carbonyl (C=O) groups is 1. The summed E-state index contributed by atoms with van der Waals surface area (Å²) in [4.78, 5) is 18.8. The lowest BCUT2D eigenvalue weighted by atomic mass is 10.1. The predicted octanol–water partition coefficient (Wildman–Crippen LogP) is 3.79. The summed E-state index contributed by atoms with van der Waals surface area (Å²) in [5.74, 6) is -0.0719. The number of aromatic nitrogens is 1. The molecule has 21 heavy (non-hydrogen) atoms. The third kappa shape index (κ3) is 2.97. The molecular formula is C14H12ClN3OS2. The molecule has 0 saturated carbocycles. The summed E-state index contributed by atoms with van der Waals surface area (Å²) in [6.07, 6.45) is 2.51. The first-order valence-electron chi connectivity index (χ1n) is 6.33. The zero-order valence-corrected chi connectivity index (χ0v) is 13.6. The number of thioether (sulfide) groups is 1. The maximum absolute atomic E-state index is 12.0. The lowest BCUT2D eigenvalue weighted by Crippen LogP contribution is -2.30. The number of thiazole rings is 1. The van der Waals surface area contributed by atoms with Gasteiger partial charge in [0.1, 0.15) is 0 Å². The van der Waals surface area contributed by atoms with Crippen molar-refractivity contribution in [1.29, 1.82) is 5.41 Å². The van der Waals surface area contributed by atoms with Gasteiger partial charge in [0.2, 0.25) is 5.91 Å². The van der Waals surface area contributed by atoms with Crippen LogP contribution in [0.2, 0.25) is 5.02 Å². The van der Waals surface area contributed by atoms with Gasteiger partial charge < -0.3 is 0 Å². The van der Waals surface area contributed by atoms with Gasteiger partial charge in [0.15, 0.2) is 10.3 Å². The number of hydrogen-bond acceptors (Lipinski definition) is 5. The molecule has 3 rings (SSSR count). The molecule has 0 unspecified atom stereocenters. The molecule has 1 aliphatic rings. The number of carbonyl (C=O) groups excluding carboxylic acids is 1. The number of amides is 1. The molecule has 1 aromatic heterocycles. The summed E-state index contributed by atoms with van der Waals surface area (Å²) >= 11 is 8.57. The largest absolute Gasteiger partial charge is 0.278 e. The van der Waals surface area contributed by atoms with E-state index in [1.54, 1.807) is 6.20 Å². The Balaban J connectivity index is 1.79. The van der Waals surface area contributed by atoms with Crippen molar-refractivity contribution in [2.75, 3.05) is 4.90 Å². The third-order valence-corrected chi connectivity index (χ3v) is 5.28. The van der Waals surface area contributed by atoms with Gasteiger partial charge in [-0.1, -0.05) is 35.5 Å². The maximum Gasteiger partial charge on any atom is 0.248 e. The summed E-state index contributed by atoms with van der Waals surface area (Å²) < 4.78 is 0. The predicted molar refractivity (Wildman–Crippen MR) is 88.6 cm³/mol. The SMILES string of the molecule is C[C@H]1SC(=N)N(c2ncc(Cc3ccc(Cl)cc3)s2)C1=O. The highest BCUT2D eigenvalue weighted by Gasteiger charge is 2.36. The van der Waals surface area contributed by atoms with Crippen LogP contribution in [0.4, 0.5) is 5.13 Å². The van der Waals surface area contributed by atoms with Gasteiger partial charge in [0.25, 0.3) is 0 Å². The molecule has 1 atom stereocenters. The van der Waals surface area contributed by atoms with Crippen LogP contribution in [0.1, 0.15) is 17.4 Å². The number of halogens is 1. The molecule has 2 aromatic rings. The summed E-state index contributed by atoms with van der Waals surface area (Å²) in [6.45, 7) is 1.81. The van der Waals surface area contributed by atoms with E-state index < -0.39 is 0 Å². The van der Waals surface area contributed by atoms with Crippen molar-refractivity contribution in [2.24, 2.45) is 0 Å². The van der Waals surface area contributed by atoms with Crippen LogP contribution >= 0.6 is 34.7 Å². The summed E-state index contributed by atoms with van der Waals surface area (Å²) in [6, 6.07) is 7.67. The number of rotatable bonds is 3. The minimum atomic E-state index is -0.207. The molecule has 1 aliphatic heterocycles. The molecule has 1 saturated heterocycles. The number of amidine groups is 1. The molecule has 0 radical (unpaired) electrons. The van der Waals surface area contributed by atoms with E-state index in [0.717, 1.165) is 16.9 Å². The van der Waals surface area contributed by atoms with Gasteiger partial charge in [-0.05, 0) is 24.6 Å². The van der Waals surface area contributed by atoms with E-state index in [9.17, 15) is 4.79 Å². The minimum absolute atomic E-state index is 0.0719. The molecule has 108 valence electrons. The Kier molecular flexibility index (Phi) is 4.01. The Hall–Kier alpha value is -1.37. The first kappa shape index (κ1) is 14.6. The van der Waals surface area contributed by atoms with Gasteiger partial charge in [-0.3, -0.25) is 10.2 Å². The lowest BCUT2D eigenvalue weighted by Gasteiger charge is -2.10. The summed E-state index contributed by atoms with van der Waals surface area (Å²) in [5.41, 5.74) is 1.14. The van der Waals surface area contributed by atoms with Crippen molar-refractivity contribution >= 4 is 50.9 Å². The maximum atomic E-state index is 12.0. The van der Waals surface area contributed by atoms with E-state index in [1.165, 1.54) is 28.0 Å². The van der Waals surface area contributed by atoms with Crippen LogP contribution in [-0.2, 0) is 11.2 Å². The van der Waals surface area contributed by atoms with Crippen LogP contribution in [0.3, 0.4) is 0 Å². The first-order valence-corrected chi connectivity index (χ1v) is 8.40. The van der Waals surface area contributed by atoms with Crippen LogP contribution in [0, 0.1) is 5.41 Å². The van der Waals surface area contributed by atoms with Crippen LogP contribution in [0.25, 0.3) is 0 Å². The number of nitrogens with zero attached hydrogens (tertiary/aromatic N) is 2. The Bertz CT molecular complexity index is 698. The van der Waals surface area contributed by atoms with E-state index in [1.807, 2.05) is 31.2 Å². The molecule has 4 nitrogen and oxygen atoms in total. The molecule has 1 N–H and O–H groups in total. The second kappa shape index (κ2) is 5.79. The van der Waals surface area contributed by atoms with Gasteiger partial charge in [0.05, 0.1) is 5.25 Å². The van der Waals surface area contributed by atoms with E-state index >= 15 is 0 Å². The Morgan fingerprint density at radius 1 is 1.38 bits per heavy atom. The van der Waals surface area contributed by atoms with Crippen molar-refractivity contribution in [3.8, 4) is 0 Å². The average Bonchev–Trinajstić information content (AvgIpc) is 2.98. The fourth-order valence-corrected chi connectivity index (χ4v) is 3.98. The zero-order chi connectivity index (χ0) is 15.0. The number of hydrogen-bond donors (Lipinski definition) is 1. The van der Waals surface area contributed by atoms with Crippen LogP contribution in [0.5, 0.6) is 0 Å². The van der Waals surface area contributed by atoms with E-state index in [2.05, 4.69) is 4.98 Å². The Morgan fingerprint density at radius 3 is 2.71 bits per heavy atom. The standard InChI is InChI=1S/C14H12ClN3OS2/c1-8-12(19)18(13(16)20-8)14-17-7-11(21-14)6-9-2-4-10(15)5-3-9/h2-5,7-8,16H,6H2,1H3/t8-/m1/s1. The molecule has 0 bridgehead atoms. The highest BCUT2D eigenvalue weighted by molar-refractivity contribution is 8.16. The molecule has 7 heteroatoms. The Labute approximate surface area is 135 Å². The van der Waals surface area contributed by atoms with Gasteiger partial charge in [-0.25, -0.2) is 9.88 Å². The fourth-order valence-electron chi connectivity index (χ4n) is 2.02. The quantitative estimate of drug-likeness (QED) is 0.927. The molecule has 1 aromatic carbocycles. The molecule has 0 aliphatic carbocycles. The second-order valence-electron chi connectivity index (χ2n) is 4.65. The minimum Gasteiger partial charge on any atom is -0.278 e. The average molecular weight is 338 g/mol. The van der Waals surface area contributed by atoms with Crippen molar-refractivity contribution in [2.45, 2.75) is 18.6 Å². The second-order valence-corrected chi connectivity index (χ2v) is 7.51. The molecular weight excluding hydrogens is 326 g/mol. The van der Waals surface area contributed by atoms with Crippen LogP contribution in [0.15, 0.2) is 30.5 Å². The third-order valence-electron chi connectivity index (χ3n) is 3.08. The van der Waals surface area contributed by atoms with Gasteiger partial charge >= 0.3 is 0 Å². The highest BCUT2D eigenvalue weighted by Crippen LogP contribution is 2.33. The highest BCUT2D eigenvalue weighted by atomic mass is 35.5. The van der Waals surface area contributed by atoms with Crippen molar-refractivity contribution in [1.82, 2.24) is 4.98 Å². The van der Waals surface area contributed by atoms with Crippen LogP contribution in [-0.4, -0.2) is 21.3 Å². The molecule has 1 amide bonds. The van der Waals surface area contributed by atoms with E-state index in [4.69, 9.17) is 17.0 Å². The van der Waals surface area contributed by atoms with E-state index in [0.29, 0.717) is 10.2 Å².